The minimum atomic E-state index is -0.320. The molecule has 3 rings (SSSR count). The lowest BCUT2D eigenvalue weighted by Crippen LogP contribution is -2.47. The smallest absolute Gasteiger partial charge is 0.244 e. The Morgan fingerprint density at radius 3 is 2.60 bits per heavy atom. The van der Waals surface area contributed by atoms with Gasteiger partial charge in [0.15, 0.2) is 0 Å². The first-order valence-corrected chi connectivity index (χ1v) is 8.69. The second kappa shape index (κ2) is 8.69. The van der Waals surface area contributed by atoms with Crippen LogP contribution in [0, 0.1) is 0 Å². The molecular formula is C19H24N4O2. The highest BCUT2D eigenvalue weighted by atomic mass is 16.5. The minimum Gasteiger partial charge on any atom is -0.379 e. The monoisotopic (exact) mass is 340 g/mol. The summed E-state index contributed by atoms with van der Waals surface area (Å²) in [7, 11) is 0. The van der Waals surface area contributed by atoms with Crippen molar-refractivity contribution in [2.75, 3.05) is 32.8 Å². The summed E-state index contributed by atoms with van der Waals surface area (Å²) in [5.74, 6) is 0.106. The third-order valence-electron chi connectivity index (χ3n) is 4.46. The number of rotatable bonds is 6. The first-order valence-electron chi connectivity index (χ1n) is 8.69. The van der Waals surface area contributed by atoms with Crippen LogP contribution in [0.25, 0.3) is 0 Å². The molecule has 0 aromatic carbocycles. The molecule has 25 heavy (non-hydrogen) atoms. The number of hydrogen-bond acceptors (Lipinski definition) is 5. The van der Waals surface area contributed by atoms with E-state index in [2.05, 4.69) is 14.9 Å². The molecule has 0 spiro atoms. The molecular weight excluding hydrogens is 316 g/mol. The lowest BCUT2D eigenvalue weighted by molar-refractivity contribution is -0.139. The third-order valence-corrected chi connectivity index (χ3v) is 4.46. The number of aromatic nitrogens is 2. The number of ether oxygens (including phenoxy) is 1. The molecule has 2 aromatic heterocycles. The SMILES string of the molecule is CCN(Cc1ccncc1)C(=O)C(c1cccnc1)N1CCOCC1. The summed E-state index contributed by atoms with van der Waals surface area (Å²) >= 11 is 0. The van der Waals surface area contributed by atoms with Crippen LogP contribution in [0.15, 0.2) is 49.1 Å². The molecule has 1 unspecified atom stereocenters. The topological polar surface area (TPSA) is 58.6 Å². The minimum absolute atomic E-state index is 0.106. The van der Waals surface area contributed by atoms with E-state index in [0.717, 1.165) is 24.2 Å². The molecule has 0 bridgehead atoms. The van der Waals surface area contributed by atoms with E-state index in [4.69, 9.17) is 4.74 Å². The molecule has 0 radical (unpaired) electrons. The maximum absolute atomic E-state index is 13.4. The molecule has 3 heterocycles. The first-order chi connectivity index (χ1) is 12.3. The van der Waals surface area contributed by atoms with E-state index < -0.39 is 0 Å². The van der Waals surface area contributed by atoms with E-state index in [-0.39, 0.29) is 11.9 Å². The number of carbonyl (C=O) groups excluding carboxylic acids is 1. The summed E-state index contributed by atoms with van der Waals surface area (Å²) in [4.78, 5) is 25.7. The number of hydrogen-bond donors (Lipinski definition) is 0. The zero-order valence-corrected chi connectivity index (χ0v) is 14.5. The fraction of sp³-hybridized carbons (Fsp3) is 0.421. The van der Waals surface area contributed by atoms with Gasteiger partial charge in [0, 0.05) is 51.0 Å². The molecule has 1 fully saturated rings. The summed E-state index contributed by atoms with van der Waals surface area (Å²) in [5.41, 5.74) is 2.01. The first kappa shape index (κ1) is 17.5. The predicted molar refractivity (Wildman–Crippen MR) is 94.7 cm³/mol. The Kier molecular flexibility index (Phi) is 6.09. The van der Waals surface area contributed by atoms with Crippen molar-refractivity contribution in [2.45, 2.75) is 19.5 Å². The molecule has 0 aliphatic carbocycles. The Morgan fingerprint density at radius 2 is 1.96 bits per heavy atom. The molecule has 6 heteroatoms. The van der Waals surface area contributed by atoms with Crippen molar-refractivity contribution in [1.29, 1.82) is 0 Å². The van der Waals surface area contributed by atoms with E-state index >= 15 is 0 Å². The standard InChI is InChI=1S/C19H24N4O2/c1-2-22(15-16-5-8-20-9-6-16)19(24)18(17-4-3-7-21-14-17)23-10-12-25-13-11-23/h3-9,14,18H,2,10-13,15H2,1H3. The molecule has 1 atom stereocenters. The fourth-order valence-electron chi connectivity index (χ4n) is 3.11. The fourth-order valence-corrected chi connectivity index (χ4v) is 3.11. The summed E-state index contributed by atoms with van der Waals surface area (Å²) in [6, 6.07) is 7.44. The summed E-state index contributed by atoms with van der Waals surface area (Å²) in [5, 5.41) is 0. The van der Waals surface area contributed by atoms with Gasteiger partial charge in [-0.3, -0.25) is 19.7 Å². The van der Waals surface area contributed by atoms with E-state index in [0.29, 0.717) is 26.3 Å². The highest BCUT2D eigenvalue weighted by Crippen LogP contribution is 2.24. The van der Waals surface area contributed by atoms with Gasteiger partial charge in [-0.25, -0.2) is 0 Å². The average Bonchev–Trinajstić information content (AvgIpc) is 2.69. The molecule has 6 nitrogen and oxygen atoms in total. The van der Waals surface area contributed by atoms with E-state index in [1.54, 1.807) is 24.8 Å². The van der Waals surface area contributed by atoms with Gasteiger partial charge >= 0.3 is 0 Å². The molecule has 1 aliphatic heterocycles. The highest BCUT2D eigenvalue weighted by Gasteiger charge is 2.32. The quantitative estimate of drug-likeness (QED) is 0.804. The average molecular weight is 340 g/mol. The van der Waals surface area contributed by atoms with Crippen molar-refractivity contribution in [3.63, 3.8) is 0 Å². The molecule has 1 amide bonds. The van der Waals surface area contributed by atoms with Crippen LogP contribution in [0.5, 0.6) is 0 Å². The largest absolute Gasteiger partial charge is 0.379 e. The van der Waals surface area contributed by atoms with Crippen molar-refractivity contribution < 1.29 is 9.53 Å². The van der Waals surface area contributed by atoms with Crippen molar-refractivity contribution >= 4 is 5.91 Å². The van der Waals surface area contributed by atoms with E-state index in [1.165, 1.54) is 0 Å². The van der Waals surface area contributed by atoms with Gasteiger partial charge in [-0.2, -0.15) is 0 Å². The normalized spacial score (nSPS) is 16.4. The van der Waals surface area contributed by atoms with Crippen LogP contribution < -0.4 is 0 Å². The Balaban J connectivity index is 1.84. The zero-order chi connectivity index (χ0) is 17.5. The van der Waals surface area contributed by atoms with Gasteiger partial charge in [0.1, 0.15) is 6.04 Å². The van der Waals surface area contributed by atoms with Crippen LogP contribution in [0.3, 0.4) is 0 Å². The zero-order valence-electron chi connectivity index (χ0n) is 14.5. The number of likely N-dealkylation sites (N-methyl/N-ethyl adjacent to an activating group) is 1. The molecule has 1 saturated heterocycles. The van der Waals surface area contributed by atoms with Crippen molar-refractivity contribution in [3.8, 4) is 0 Å². The van der Waals surface area contributed by atoms with Crippen molar-refractivity contribution in [1.82, 2.24) is 19.8 Å². The Morgan fingerprint density at radius 1 is 1.20 bits per heavy atom. The second-order valence-electron chi connectivity index (χ2n) is 6.05. The molecule has 2 aromatic rings. The Bertz CT molecular complexity index is 660. The maximum atomic E-state index is 13.4. The van der Waals surface area contributed by atoms with Gasteiger partial charge < -0.3 is 9.64 Å². The van der Waals surface area contributed by atoms with Crippen LogP contribution in [0.4, 0.5) is 0 Å². The lowest BCUT2D eigenvalue weighted by atomic mass is 10.0. The number of pyridine rings is 2. The molecule has 132 valence electrons. The van der Waals surface area contributed by atoms with Crippen molar-refractivity contribution in [2.24, 2.45) is 0 Å². The summed E-state index contributed by atoms with van der Waals surface area (Å²) < 4.78 is 5.46. The van der Waals surface area contributed by atoms with Gasteiger partial charge in [-0.1, -0.05) is 6.07 Å². The number of morpholine rings is 1. The van der Waals surface area contributed by atoms with Crippen molar-refractivity contribution in [3.05, 3.63) is 60.2 Å². The van der Waals surface area contributed by atoms with E-state index in [1.807, 2.05) is 36.1 Å². The number of amides is 1. The molecule has 0 N–H and O–H groups in total. The third kappa shape index (κ3) is 4.41. The van der Waals surface area contributed by atoms with Gasteiger partial charge in [-0.05, 0) is 36.2 Å². The number of carbonyl (C=O) groups is 1. The van der Waals surface area contributed by atoms with Gasteiger partial charge in [0.2, 0.25) is 5.91 Å². The van der Waals surface area contributed by atoms with Crippen LogP contribution in [0.1, 0.15) is 24.1 Å². The Labute approximate surface area is 148 Å². The Hall–Kier alpha value is -2.31. The van der Waals surface area contributed by atoms with Gasteiger partial charge in [0.25, 0.3) is 0 Å². The van der Waals surface area contributed by atoms with Crippen LogP contribution in [-0.2, 0) is 16.1 Å². The maximum Gasteiger partial charge on any atom is 0.244 e. The van der Waals surface area contributed by atoms with Crippen LogP contribution in [-0.4, -0.2) is 58.5 Å². The summed E-state index contributed by atoms with van der Waals surface area (Å²) in [6.07, 6.45) is 7.04. The highest BCUT2D eigenvalue weighted by molar-refractivity contribution is 5.83. The van der Waals surface area contributed by atoms with Gasteiger partial charge in [0.05, 0.1) is 13.2 Å². The van der Waals surface area contributed by atoms with Gasteiger partial charge in [-0.15, -0.1) is 0 Å². The second-order valence-corrected chi connectivity index (χ2v) is 6.05. The van der Waals surface area contributed by atoms with Crippen LogP contribution >= 0.6 is 0 Å². The van der Waals surface area contributed by atoms with Crippen LogP contribution in [0.2, 0.25) is 0 Å². The lowest BCUT2D eigenvalue weighted by Gasteiger charge is -2.36. The molecule has 1 aliphatic rings. The summed E-state index contributed by atoms with van der Waals surface area (Å²) in [6.45, 7) is 6.05. The predicted octanol–water partition coefficient (Wildman–Crippen LogP) is 1.90. The molecule has 0 saturated carbocycles. The van der Waals surface area contributed by atoms with E-state index in [9.17, 15) is 4.79 Å². The number of nitrogens with zero attached hydrogens (tertiary/aromatic N) is 4.